The van der Waals surface area contributed by atoms with Crippen molar-refractivity contribution in [3.63, 3.8) is 0 Å². The van der Waals surface area contributed by atoms with Crippen molar-refractivity contribution in [2.24, 2.45) is 0 Å². The van der Waals surface area contributed by atoms with Crippen molar-refractivity contribution >= 4 is 28.9 Å². The number of benzene rings is 1. The molecule has 1 aromatic carbocycles. The van der Waals surface area contributed by atoms with Crippen molar-refractivity contribution in [2.45, 2.75) is 19.4 Å². The number of nitrogens with zero attached hydrogens (tertiary/aromatic N) is 4. The van der Waals surface area contributed by atoms with Gasteiger partial charge in [0.25, 0.3) is 5.91 Å². The number of hydrogen-bond donors (Lipinski definition) is 3. The van der Waals surface area contributed by atoms with Gasteiger partial charge in [0.15, 0.2) is 0 Å². The molecule has 174 valence electrons. The summed E-state index contributed by atoms with van der Waals surface area (Å²) < 4.78 is 0. The van der Waals surface area contributed by atoms with Gasteiger partial charge in [0.1, 0.15) is 11.6 Å². The molecule has 3 aromatic rings. The van der Waals surface area contributed by atoms with Gasteiger partial charge in [-0.15, -0.1) is 0 Å². The number of pyridine rings is 2. The Hall–Kier alpha value is -3.65. The van der Waals surface area contributed by atoms with Crippen LogP contribution in [0.1, 0.15) is 27.9 Å². The van der Waals surface area contributed by atoms with Crippen molar-refractivity contribution < 1.29 is 4.79 Å². The lowest BCUT2D eigenvalue weighted by molar-refractivity contribution is 0.0966. The van der Waals surface area contributed by atoms with Crippen molar-refractivity contribution in [3.8, 4) is 11.1 Å². The molecule has 5 heterocycles. The molecule has 0 aliphatic carbocycles. The van der Waals surface area contributed by atoms with E-state index >= 15 is 0 Å². The van der Waals surface area contributed by atoms with E-state index < -0.39 is 0 Å². The van der Waals surface area contributed by atoms with Gasteiger partial charge in [0.05, 0.1) is 23.1 Å². The summed E-state index contributed by atoms with van der Waals surface area (Å²) in [4.78, 5) is 26.7. The van der Waals surface area contributed by atoms with Gasteiger partial charge >= 0.3 is 0 Å². The van der Waals surface area contributed by atoms with Crippen LogP contribution in [-0.4, -0.2) is 55.6 Å². The second kappa shape index (κ2) is 8.61. The van der Waals surface area contributed by atoms with Crippen LogP contribution in [0, 0.1) is 0 Å². The van der Waals surface area contributed by atoms with Gasteiger partial charge in [-0.05, 0) is 53.8 Å². The first kappa shape index (κ1) is 20.9. The van der Waals surface area contributed by atoms with E-state index in [1.165, 1.54) is 11.1 Å². The summed E-state index contributed by atoms with van der Waals surface area (Å²) >= 11 is 0. The lowest BCUT2D eigenvalue weighted by atomic mass is 9.90. The van der Waals surface area contributed by atoms with Gasteiger partial charge in [0, 0.05) is 58.1 Å². The van der Waals surface area contributed by atoms with Crippen LogP contribution in [0.5, 0.6) is 0 Å². The summed E-state index contributed by atoms with van der Waals surface area (Å²) in [5.41, 5.74) is 7.20. The van der Waals surface area contributed by atoms with Crippen LogP contribution in [0.4, 0.5) is 23.0 Å². The summed E-state index contributed by atoms with van der Waals surface area (Å²) in [5.74, 6) is 1.74. The van der Waals surface area contributed by atoms with Gasteiger partial charge in [-0.25, -0.2) is 9.97 Å². The van der Waals surface area contributed by atoms with Crippen molar-refractivity contribution in [3.05, 3.63) is 59.4 Å². The predicted molar refractivity (Wildman–Crippen MR) is 135 cm³/mol. The number of aromatic nitrogens is 2. The van der Waals surface area contributed by atoms with E-state index in [1.807, 2.05) is 24.5 Å². The maximum atomic E-state index is 12.9. The number of anilines is 4. The highest BCUT2D eigenvalue weighted by Crippen LogP contribution is 2.39. The van der Waals surface area contributed by atoms with Gasteiger partial charge in [-0.2, -0.15) is 0 Å². The topological polar surface area (TPSA) is 85.4 Å². The Labute approximate surface area is 199 Å². The fourth-order valence-electron chi connectivity index (χ4n) is 5.32. The molecule has 1 saturated heterocycles. The van der Waals surface area contributed by atoms with E-state index in [-0.39, 0.29) is 5.91 Å². The average molecular weight is 456 g/mol. The summed E-state index contributed by atoms with van der Waals surface area (Å²) in [7, 11) is 2.09. The molecule has 0 unspecified atom stereocenters. The molecule has 1 amide bonds. The summed E-state index contributed by atoms with van der Waals surface area (Å²) in [6.45, 7) is 5.50. The van der Waals surface area contributed by atoms with Gasteiger partial charge in [-0.3, -0.25) is 4.79 Å². The monoisotopic (exact) mass is 455 g/mol. The van der Waals surface area contributed by atoms with Crippen LogP contribution in [0.15, 0.2) is 42.7 Å². The van der Waals surface area contributed by atoms with Gasteiger partial charge in [-0.1, -0.05) is 6.07 Å². The van der Waals surface area contributed by atoms with E-state index in [2.05, 4.69) is 61.0 Å². The molecule has 0 atom stereocenters. The Bertz CT molecular complexity index is 1230. The first-order valence-electron chi connectivity index (χ1n) is 12.0. The van der Waals surface area contributed by atoms with E-state index in [1.54, 1.807) is 0 Å². The van der Waals surface area contributed by atoms with E-state index in [9.17, 15) is 4.79 Å². The smallest absolute Gasteiger partial charge is 0.254 e. The minimum atomic E-state index is -0.0446. The van der Waals surface area contributed by atoms with Crippen molar-refractivity contribution in [1.82, 2.24) is 20.6 Å². The quantitative estimate of drug-likeness (QED) is 0.558. The molecule has 2 aromatic heterocycles. The number of rotatable bonds is 4. The second-order valence-corrected chi connectivity index (χ2v) is 9.15. The molecule has 0 saturated carbocycles. The molecule has 0 bridgehead atoms. The lowest BCUT2D eigenvalue weighted by Crippen LogP contribution is -2.43. The molecule has 3 aliphatic heterocycles. The normalized spacial score (nSPS) is 17.3. The Kier molecular flexibility index (Phi) is 5.30. The first-order chi connectivity index (χ1) is 16.7. The highest BCUT2D eigenvalue weighted by molar-refractivity contribution is 6.06. The molecule has 0 radical (unpaired) electrons. The number of piperazine rings is 1. The van der Waals surface area contributed by atoms with E-state index in [0.717, 1.165) is 79.7 Å². The maximum absolute atomic E-state index is 12.9. The Balaban J connectivity index is 1.33. The average Bonchev–Trinajstić information content (AvgIpc) is 3.27. The zero-order chi connectivity index (χ0) is 23.1. The standard InChI is InChI=1S/C26H29N7O/c1-32-12-2-3-20-19(8-9-28-25(20)32)18-5-6-22(24-21(18)16-30-26(24)34)31-23-7-4-17(15-29-23)33-13-10-27-11-14-33/h4-9,15,27H,2-3,10-14,16H2,1H3,(H,29,31)(H,30,34). The molecule has 1 fully saturated rings. The largest absolute Gasteiger partial charge is 0.368 e. The first-order valence-corrected chi connectivity index (χ1v) is 12.0. The summed E-state index contributed by atoms with van der Waals surface area (Å²) in [6, 6.07) is 10.3. The minimum Gasteiger partial charge on any atom is -0.368 e. The third kappa shape index (κ3) is 3.64. The maximum Gasteiger partial charge on any atom is 0.254 e. The number of nitrogens with one attached hydrogen (secondary N) is 3. The SMILES string of the molecule is CN1CCCc2c(-c3ccc(Nc4ccc(N5CCNCC5)cn4)c4c3CNC4=O)ccnc21. The number of fused-ring (bicyclic) bond motifs is 2. The fraction of sp³-hybridized carbons (Fsp3) is 0.346. The van der Waals surface area contributed by atoms with Crippen LogP contribution >= 0.6 is 0 Å². The summed E-state index contributed by atoms with van der Waals surface area (Å²) in [5, 5.41) is 9.79. The van der Waals surface area contributed by atoms with E-state index in [0.29, 0.717) is 12.1 Å². The highest BCUT2D eigenvalue weighted by atomic mass is 16.1. The fourth-order valence-corrected chi connectivity index (χ4v) is 5.32. The number of amides is 1. The molecule has 8 heteroatoms. The van der Waals surface area contributed by atoms with Gasteiger partial charge in [0.2, 0.25) is 0 Å². The van der Waals surface area contributed by atoms with Crippen LogP contribution in [0.3, 0.4) is 0 Å². The molecular formula is C26H29N7O. The third-order valence-corrected chi connectivity index (χ3v) is 7.06. The van der Waals surface area contributed by atoms with Crippen LogP contribution in [0.25, 0.3) is 11.1 Å². The molecule has 6 rings (SSSR count). The minimum absolute atomic E-state index is 0.0446. The third-order valence-electron chi connectivity index (χ3n) is 7.06. The second-order valence-electron chi connectivity index (χ2n) is 9.15. The summed E-state index contributed by atoms with van der Waals surface area (Å²) in [6.07, 6.45) is 5.89. The van der Waals surface area contributed by atoms with E-state index in [4.69, 9.17) is 0 Å². The highest BCUT2D eigenvalue weighted by Gasteiger charge is 2.28. The number of carbonyl (C=O) groups is 1. The van der Waals surface area contributed by atoms with Gasteiger partial charge < -0.3 is 25.8 Å². The van der Waals surface area contributed by atoms with Crippen LogP contribution in [-0.2, 0) is 13.0 Å². The molecule has 0 spiro atoms. The van der Waals surface area contributed by atoms with Crippen LogP contribution < -0.4 is 25.8 Å². The molecule has 34 heavy (non-hydrogen) atoms. The van der Waals surface area contributed by atoms with Crippen LogP contribution in [0.2, 0.25) is 0 Å². The Morgan fingerprint density at radius 1 is 0.971 bits per heavy atom. The predicted octanol–water partition coefficient (Wildman–Crippen LogP) is 2.92. The van der Waals surface area contributed by atoms with Crippen molar-refractivity contribution in [2.75, 3.05) is 54.9 Å². The molecular weight excluding hydrogens is 426 g/mol. The zero-order valence-corrected chi connectivity index (χ0v) is 19.4. The lowest BCUT2D eigenvalue weighted by Gasteiger charge is -2.29. The van der Waals surface area contributed by atoms with Crippen molar-refractivity contribution in [1.29, 1.82) is 0 Å². The Morgan fingerprint density at radius 3 is 2.65 bits per heavy atom. The number of carbonyl (C=O) groups excluding carboxylic acids is 1. The number of hydrogen-bond acceptors (Lipinski definition) is 7. The zero-order valence-electron chi connectivity index (χ0n) is 19.4. The molecule has 8 nitrogen and oxygen atoms in total. The molecule has 3 aliphatic rings. The Morgan fingerprint density at radius 2 is 1.82 bits per heavy atom. The molecule has 3 N–H and O–H groups in total.